The molecule has 4 nitrogen and oxygen atoms in total. The van der Waals surface area contributed by atoms with E-state index in [-0.39, 0.29) is 5.82 Å². The number of H-pyrrole nitrogens is 1. The molecule has 1 aromatic carbocycles. The molecule has 0 spiro atoms. The van der Waals surface area contributed by atoms with E-state index < -0.39 is 0 Å². The zero-order chi connectivity index (χ0) is 12.7. The minimum atomic E-state index is -0.274. The molecule has 2 aromatic heterocycles. The zero-order valence-corrected chi connectivity index (χ0v) is 9.74. The van der Waals surface area contributed by atoms with Crippen molar-refractivity contribution in [1.29, 1.82) is 0 Å². The summed E-state index contributed by atoms with van der Waals surface area (Å²) in [6.07, 6.45) is 0. The van der Waals surface area contributed by atoms with E-state index in [1.54, 1.807) is 37.3 Å². The molecule has 0 amide bonds. The van der Waals surface area contributed by atoms with Crippen LogP contribution in [0.3, 0.4) is 0 Å². The van der Waals surface area contributed by atoms with E-state index in [2.05, 4.69) is 15.0 Å². The Morgan fingerprint density at radius 1 is 1.17 bits per heavy atom. The zero-order valence-electron chi connectivity index (χ0n) is 9.74. The van der Waals surface area contributed by atoms with Crippen LogP contribution in [0.25, 0.3) is 22.6 Å². The van der Waals surface area contributed by atoms with Gasteiger partial charge in [-0.05, 0) is 30.7 Å². The fourth-order valence-electron chi connectivity index (χ4n) is 1.87. The lowest BCUT2D eigenvalue weighted by Crippen LogP contribution is -1.90. The van der Waals surface area contributed by atoms with Gasteiger partial charge in [-0.25, -0.2) is 14.4 Å². The van der Waals surface area contributed by atoms with Crippen LogP contribution >= 0.6 is 0 Å². The number of halogens is 1. The molecule has 2 heterocycles. The van der Waals surface area contributed by atoms with Crippen LogP contribution in [-0.4, -0.2) is 15.0 Å². The van der Waals surface area contributed by atoms with Crippen molar-refractivity contribution in [3.8, 4) is 11.4 Å². The molecule has 0 aliphatic carbocycles. The first-order chi connectivity index (χ1) is 8.65. The highest BCUT2D eigenvalue weighted by molar-refractivity contribution is 5.77. The molecule has 0 saturated carbocycles. The number of nitrogens with two attached hydrogens (primary N) is 1. The van der Waals surface area contributed by atoms with Gasteiger partial charge in [0, 0.05) is 0 Å². The topological polar surface area (TPSA) is 67.6 Å². The average molecular weight is 242 g/mol. The maximum absolute atomic E-state index is 14.0. The molecule has 0 saturated heterocycles. The summed E-state index contributed by atoms with van der Waals surface area (Å²) in [5.41, 5.74) is 7.83. The molecule has 3 aromatic rings. The van der Waals surface area contributed by atoms with Crippen LogP contribution in [0.2, 0.25) is 0 Å². The Kier molecular flexibility index (Phi) is 2.26. The Balaban J connectivity index is 2.22. The number of aromatic amines is 1. The molecular formula is C13H11FN4. The highest BCUT2D eigenvalue weighted by Crippen LogP contribution is 2.24. The molecule has 18 heavy (non-hydrogen) atoms. The summed E-state index contributed by atoms with van der Waals surface area (Å²) in [6.45, 7) is 1.72. The molecule has 0 fully saturated rings. The number of pyridine rings is 1. The summed E-state index contributed by atoms with van der Waals surface area (Å²) in [7, 11) is 0. The van der Waals surface area contributed by atoms with E-state index in [4.69, 9.17) is 5.73 Å². The molecular weight excluding hydrogens is 231 g/mol. The third kappa shape index (κ3) is 1.60. The fourth-order valence-corrected chi connectivity index (χ4v) is 1.87. The van der Waals surface area contributed by atoms with Gasteiger partial charge in [0.05, 0.1) is 11.1 Å². The largest absolute Gasteiger partial charge is 0.384 e. The molecule has 90 valence electrons. The summed E-state index contributed by atoms with van der Waals surface area (Å²) in [4.78, 5) is 11.4. The molecule has 0 atom stereocenters. The maximum Gasteiger partial charge on any atom is 0.180 e. The predicted octanol–water partition coefficient (Wildman–Crippen LogP) is 2.65. The van der Waals surface area contributed by atoms with E-state index in [1.807, 2.05) is 0 Å². The van der Waals surface area contributed by atoms with Gasteiger partial charge in [0.1, 0.15) is 17.5 Å². The van der Waals surface area contributed by atoms with Crippen LogP contribution in [0, 0.1) is 12.7 Å². The number of imidazole rings is 1. The number of aryl methyl sites for hydroxylation is 1. The van der Waals surface area contributed by atoms with Gasteiger partial charge in [0.2, 0.25) is 0 Å². The summed E-state index contributed by atoms with van der Waals surface area (Å²) in [5, 5.41) is 0. The summed E-state index contributed by atoms with van der Waals surface area (Å²) in [5.74, 6) is 0.582. The molecule has 0 aliphatic heterocycles. The average Bonchev–Trinajstić information content (AvgIpc) is 2.75. The number of nitrogen functional groups attached to an aromatic ring is 1. The second-order valence-electron chi connectivity index (χ2n) is 4.13. The molecule has 5 heteroatoms. The summed E-state index contributed by atoms with van der Waals surface area (Å²) in [6, 6.07) is 8.66. The predicted molar refractivity (Wildman–Crippen MR) is 68.4 cm³/mol. The third-order valence-corrected chi connectivity index (χ3v) is 2.81. The SMILES string of the molecule is Cc1cccc(-c2nc3nc(N)ccc3[nH]2)c1F. The normalized spacial score (nSPS) is 11.0. The van der Waals surface area contributed by atoms with Gasteiger partial charge in [-0.3, -0.25) is 0 Å². The van der Waals surface area contributed by atoms with Gasteiger partial charge >= 0.3 is 0 Å². The van der Waals surface area contributed by atoms with E-state index in [1.165, 1.54) is 0 Å². The van der Waals surface area contributed by atoms with E-state index in [0.29, 0.717) is 28.4 Å². The van der Waals surface area contributed by atoms with E-state index >= 15 is 0 Å². The number of rotatable bonds is 1. The smallest absolute Gasteiger partial charge is 0.180 e. The number of aromatic nitrogens is 3. The molecule has 3 N–H and O–H groups in total. The fraction of sp³-hybridized carbons (Fsp3) is 0.0769. The second-order valence-corrected chi connectivity index (χ2v) is 4.13. The van der Waals surface area contributed by atoms with Crippen LogP contribution in [-0.2, 0) is 0 Å². The molecule has 0 bridgehead atoms. The molecule has 0 unspecified atom stereocenters. The first kappa shape index (κ1) is 10.7. The highest BCUT2D eigenvalue weighted by atomic mass is 19.1. The van der Waals surface area contributed by atoms with Gasteiger partial charge in [-0.15, -0.1) is 0 Å². The molecule has 0 aliphatic rings. The number of hydrogen-bond acceptors (Lipinski definition) is 3. The van der Waals surface area contributed by atoms with Gasteiger partial charge in [-0.2, -0.15) is 0 Å². The first-order valence-corrected chi connectivity index (χ1v) is 5.53. The standard InChI is InChI=1S/C13H11FN4/c1-7-3-2-4-8(11(7)14)12-16-9-5-6-10(15)17-13(9)18-12/h2-6H,1H3,(H3,15,16,17,18). The van der Waals surface area contributed by atoms with Crippen LogP contribution in [0.15, 0.2) is 30.3 Å². The number of nitrogens with one attached hydrogen (secondary N) is 1. The van der Waals surface area contributed by atoms with Gasteiger partial charge in [0.15, 0.2) is 5.65 Å². The number of fused-ring (bicyclic) bond motifs is 1. The third-order valence-electron chi connectivity index (χ3n) is 2.81. The van der Waals surface area contributed by atoms with Crippen molar-refractivity contribution in [1.82, 2.24) is 15.0 Å². The Morgan fingerprint density at radius 2 is 2.00 bits per heavy atom. The van der Waals surface area contributed by atoms with Crippen LogP contribution in [0.1, 0.15) is 5.56 Å². The van der Waals surface area contributed by atoms with E-state index in [9.17, 15) is 4.39 Å². The summed E-state index contributed by atoms with van der Waals surface area (Å²) < 4.78 is 14.0. The minimum absolute atomic E-state index is 0.274. The van der Waals surface area contributed by atoms with Crippen molar-refractivity contribution < 1.29 is 4.39 Å². The van der Waals surface area contributed by atoms with Crippen LogP contribution in [0.5, 0.6) is 0 Å². The van der Waals surface area contributed by atoms with Gasteiger partial charge in [0.25, 0.3) is 0 Å². The lowest BCUT2D eigenvalue weighted by Gasteiger charge is -2.01. The monoisotopic (exact) mass is 242 g/mol. The Hall–Kier alpha value is -2.43. The highest BCUT2D eigenvalue weighted by Gasteiger charge is 2.12. The van der Waals surface area contributed by atoms with Gasteiger partial charge in [-0.1, -0.05) is 12.1 Å². The van der Waals surface area contributed by atoms with Crippen molar-refractivity contribution >= 4 is 17.0 Å². The lowest BCUT2D eigenvalue weighted by atomic mass is 10.1. The van der Waals surface area contributed by atoms with Crippen LogP contribution in [0.4, 0.5) is 10.2 Å². The first-order valence-electron chi connectivity index (χ1n) is 5.53. The Morgan fingerprint density at radius 3 is 2.83 bits per heavy atom. The Bertz CT molecular complexity index is 733. The second kappa shape index (κ2) is 3.80. The van der Waals surface area contributed by atoms with Gasteiger partial charge < -0.3 is 10.7 Å². The lowest BCUT2D eigenvalue weighted by molar-refractivity contribution is 0.621. The van der Waals surface area contributed by atoms with Crippen molar-refractivity contribution in [2.75, 3.05) is 5.73 Å². The number of anilines is 1. The van der Waals surface area contributed by atoms with Crippen molar-refractivity contribution in [2.45, 2.75) is 6.92 Å². The summed E-state index contributed by atoms with van der Waals surface area (Å²) >= 11 is 0. The van der Waals surface area contributed by atoms with Crippen molar-refractivity contribution in [2.24, 2.45) is 0 Å². The number of benzene rings is 1. The quantitative estimate of drug-likeness (QED) is 0.689. The maximum atomic E-state index is 14.0. The molecule has 0 radical (unpaired) electrons. The van der Waals surface area contributed by atoms with E-state index in [0.717, 1.165) is 5.52 Å². The van der Waals surface area contributed by atoms with Crippen molar-refractivity contribution in [3.63, 3.8) is 0 Å². The molecule has 3 rings (SSSR count). The number of nitrogens with zero attached hydrogens (tertiary/aromatic N) is 2. The van der Waals surface area contributed by atoms with Crippen molar-refractivity contribution in [3.05, 3.63) is 41.7 Å². The minimum Gasteiger partial charge on any atom is -0.384 e. The van der Waals surface area contributed by atoms with Crippen LogP contribution < -0.4 is 5.73 Å². The number of hydrogen-bond donors (Lipinski definition) is 2. The Labute approximate surface area is 103 Å².